The third kappa shape index (κ3) is 1.66. The molecule has 0 saturated carbocycles. The molecule has 0 amide bonds. The normalized spacial score (nSPS) is 12.3. The minimum atomic E-state index is 0.538. The lowest BCUT2D eigenvalue weighted by molar-refractivity contribution is 0.870. The van der Waals surface area contributed by atoms with Gasteiger partial charge in [-0.15, -0.1) is 0 Å². The predicted molar refractivity (Wildman–Crippen MR) is 102 cm³/mol. The SMILES string of the molecule is CC(C)c1cc2cccc3c4cccc5cccc(c(c1)c23)c54. The molecule has 0 saturated heterocycles. The quantitative estimate of drug-likeness (QED) is 0.234. The standard InChI is InChI=1S/C23H18/c1-14(2)17-12-16-8-5-10-19-18-9-3-6-15-7-4-11-20(22(15)18)21(13-17)23(16)19/h3-14H,1-2H3. The highest BCUT2D eigenvalue weighted by Gasteiger charge is 2.13. The van der Waals surface area contributed by atoms with Crippen LogP contribution in [0.5, 0.6) is 0 Å². The van der Waals surface area contributed by atoms with E-state index in [0.29, 0.717) is 5.92 Å². The zero-order valence-corrected chi connectivity index (χ0v) is 13.4. The monoisotopic (exact) mass is 294 g/mol. The minimum Gasteiger partial charge on any atom is -0.0610 e. The summed E-state index contributed by atoms with van der Waals surface area (Å²) < 4.78 is 0. The second kappa shape index (κ2) is 4.45. The van der Waals surface area contributed by atoms with Crippen molar-refractivity contribution in [3.05, 3.63) is 72.3 Å². The van der Waals surface area contributed by atoms with Crippen LogP contribution in [0.15, 0.2) is 66.7 Å². The van der Waals surface area contributed by atoms with Crippen LogP contribution in [0.1, 0.15) is 25.3 Å². The molecular weight excluding hydrogens is 276 g/mol. The predicted octanol–water partition coefficient (Wildman–Crippen LogP) is 6.86. The maximum atomic E-state index is 2.40. The molecule has 0 aliphatic rings. The summed E-state index contributed by atoms with van der Waals surface area (Å²) >= 11 is 0. The van der Waals surface area contributed by atoms with E-state index in [1.807, 2.05) is 0 Å². The molecule has 5 rings (SSSR count). The Bertz CT molecular complexity index is 1170. The van der Waals surface area contributed by atoms with Crippen molar-refractivity contribution in [2.24, 2.45) is 0 Å². The van der Waals surface area contributed by atoms with E-state index in [0.717, 1.165) is 0 Å². The van der Waals surface area contributed by atoms with Crippen molar-refractivity contribution in [3.63, 3.8) is 0 Å². The molecule has 0 aromatic heterocycles. The first-order valence-corrected chi connectivity index (χ1v) is 8.33. The Morgan fingerprint density at radius 1 is 0.565 bits per heavy atom. The summed E-state index contributed by atoms with van der Waals surface area (Å²) in [5.41, 5.74) is 1.42. The molecule has 5 aromatic carbocycles. The van der Waals surface area contributed by atoms with Crippen LogP contribution in [-0.2, 0) is 0 Å². The van der Waals surface area contributed by atoms with E-state index in [1.54, 1.807) is 0 Å². The summed E-state index contributed by atoms with van der Waals surface area (Å²) in [5.74, 6) is 0.538. The molecule has 0 unspecified atom stereocenters. The Morgan fingerprint density at radius 3 is 1.70 bits per heavy atom. The van der Waals surface area contributed by atoms with Crippen molar-refractivity contribution in [1.29, 1.82) is 0 Å². The highest BCUT2D eigenvalue weighted by molar-refractivity contribution is 6.32. The zero-order chi connectivity index (χ0) is 15.6. The van der Waals surface area contributed by atoms with Gasteiger partial charge in [-0.3, -0.25) is 0 Å². The van der Waals surface area contributed by atoms with Crippen LogP contribution in [0.2, 0.25) is 0 Å². The molecule has 0 radical (unpaired) electrons. The van der Waals surface area contributed by atoms with Crippen molar-refractivity contribution in [2.75, 3.05) is 0 Å². The van der Waals surface area contributed by atoms with Crippen LogP contribution in [0.3, 0.4) is 0 Å². The topological polar surface area (TPSA) is 0 Å². The molecule has 23 heavy (non-hydrogen) atoms. The Labute approximate surface area is 135 Å². The van der Waals surface area contributed by atoms with E-state index >= 15 is 0 Å². The van der Waals surface area contributed by atoms with Crippen molar-refractivity contribution in [3.8, 4) is 0 Å². The molecule has 110 valence electrons. The zero-order valence-electron chi connectivity index (χ0n) is 13.4. The van der Waals surface area contributed by atoms with Crippen LogP contribution in [0, 0.1) is 0 Å². The molecule has 0 N–H and O–H groups in total. The average Bonchev–Trinajstić information content (AvgIpc) is 2.58. The van der Waals surface area contributed by atoms with Gasteiger partial charge in [0.25, 0.3) is 0 Å². The van der Waals surface area contributed by atoms with Gasteiger partial charge in [0.1, 0.15) is 0 Å². The molecule has 0 fully saturated rings. The Hall–Kier alpha value is -2.60. The van der Waals surface area contributed by atoms with Crippen molar-refractivity contribution < 1.29 is 0 Å². The fraction of sp³-hybridized carbons (Fsp3) is 0.130. The first-order valence-electron chi connectivity index (χ1n) is 8.33. The third-order valence-corrected chi connectivity index (χ3v) is 5.15. The van der Waals surface area contributed by atoms with Gasteiger partial charge in [-0.2, -0.15) is 0 Å². The number of hydrogen-bond acceptors (Lipinski definition) is 0. The first-order chi connectivity index (χ1) is 11.2. The summed E-state index contributed by atoms with van der Waals surface area (Å²) in [6.07, 6.45) is 0. The fourth-order valence-corrected chi connectivity index (χ4v) is 4.01. The smallest absolute Gasteiger partial charge is 0.00262 e. The molecular formula is C23H18. The lowest BCUT2D eigenvalue weighted by Gasteiger charge is -2.16. The van der Waals surface area contributed by atoms with Gasteiger partial charge >= 0.3 is 0 Å². The van der Waals surface area contributed by atoms with Crippen molar-refractivity contribution >= 4 is 43.1 Å². The van der Waals surface area contributed by atoms with E-state index < -0.39 is 0 Å². The Morgan fingerprint density at radius 2 is 1.09 bits per heavy atom. The summed E-state index contributed by atoms with van der Waals surface area (Å²) in [6, 6.07) is 24.8. The number of benzene rings is 5. The first kappa shape index (κ1) is 12.9. The summed E-state index contributed by atoms with van der Waals surface area (Å²) in [7, 11) is 0. The van der Waals surface area contributed by atoms with Crippen molar-refractivity contribution in [2.45, 2.75) is 19.8 Å². The van der Waals surface area contributed by atoms with E-state index in [9.17, 15) is 0 Å². The maximum Gasteiger partial charge on any atom is -0.00262 e. The fourth-order valence-electron chi connectivity index (χ4n) is 4.01. The second-order valence-corrected chi connectivity index (χ2v) is 6.84. The minimum absolute atomic E-state index is 0.538. The lowest BCUT2D eigenvalue weighted by Crippen LogP contribution is -1.91. The van der Waals surface area contributed by atoms with E-state index in [1.165, 1.54) is 48.7 Å². The molecule has 0 nitrogen and oxygen atoms in total. The van der Waals surface area contributed by atoms with E-state index in [4.69, 9.17) is 0 Å². The van der Waals surface area contributed by atoms with Crippen LogP contribution < -0.4 is 0 Å². The average molecular weight is 294 g/mol. The van der Waals surface area contributed by atoms with Crippen LogP contribution >= 0.6 is 0 Å². The lowest BCUT2D eigenvalue weighted by atomic mass is 9.87. The largest absolute Gasteiger partial charge is 0.0610 e. The summed E-state index contributed by atoms with van der Waals surface area (Å²) in [6.45, 7) is 4.55. The Balaban J connectivity index is 2.18. The second-order valence-electron chi connectivity index (χ2n) is 6.84. The highest BCUT2D eigenvalue weighted by atomic mass is 14.2. The van der Waals surface area contributed by atoms with Gasteiger partial charge in [0.05, 0.1) is 0 Å². The molecule has 0 heterocycles. The molecule has 0 aliphatic heterocycles. The van der Waals surface area contributed by atoms with Crippen LogP contribution in [0.4, 0.5) is 0 Å². The summed E-state index contributed by atoms with van der Waals surface area (Å²) in [4.78, 5) is 0. The molecule has 0 heteroatoms. The maximum absolute atomic E-state index is 2.40. The Kier molecular flexibility index (Phi) is 2.50. The molecule has 0 atom stereocenters. The number of fused-ring (bicyclic) bond motifs is 2. The molecule has 0 spiro atoms. The van der Waals surface area contributed by atoms with Crippen LogP contribution in [0.25, 0.3) is 43.1 Å². The van der Waals surface area contributed by atoms with Gasteiger partial charge in [0.15, 0.2) is 0 Å². The van der Waals surface area contributed by atoms with Crippen LogP contribution in [-0.4, -0.2) is 0 Å². The van der Waals surface area contributed by atoms with Gasteiger partial charge in [0.2, 0.25) is 0 Å². The third-order valence-electron chi connectivity index (χ3n) is 5.15. The highest BCUT2D eigenvalue weighted by Crippen LogP contribution is 2.41. The van der Waals surface area contributed by atoms with Gasteiger partial charge in [-0.25, -0.2) is 0 Å². The molecule has 0 bridgehead atoms. The van der Waals surface area contributed by atoms with Gasteiger partial charge < -0.3 is 0 Å². The van der Waals surface area contributed by atoms with E-state index in [-0.39, 0.29) is 0 Å². The van der Waals surface area contributed by atoms with Gasteiger partial charge in [-0.1, -0.05) is 80.6 Å². The molecule has 0 aliphatic carbocycles. The number of rotatable bonds is 1. The van der Waals surface area contributed by atoms with Crippen molar-refractivity contribution in [1.82, 2.24) is 0 Å². The number of hydrogen-bond donors (Lipinski definition) is 0. The molecule has 5 aromatic rings. The van der Waals surface area contributed by atoms with E-state index in [2.05, 4.69) is 80.6 Å². The van der Waals surface area contributed by atoms with Gasteiger partial charge in [-0.05, 0) is 54.6 Å². The summed E-state index contributed by atoms with van der Waals surface area (Å²) in [5, 5.41) is 11.0. The van der Waals surface area contributed by atoms with Gasteiger partial charge in [0, 0.05) is 0 Å².